The maximum atomic E-state index is 12.2. The van der Waals surface area contributed by atoms with Gasteiger partial charge >= 0.3 is 0 Å². The molecule has 1 amide bonds. The highest BCUT2D eigenvalue weighted by Gasteiger charge is 2.17. The third-order valence-electron chi connectivity index (χ3n) is 3.74. The molecule has 1 aromatic heterocycles. The molecule has 1 unspecified atom stereocenters. The molecule has 0 saturated carbocycles. The molecule has 2 aromatic rings. The monoisotopic (exact) mass is 257 g/mol. The van der Waals surface area contributed by atoms with Crippen LogP contribution in [0.25, 0.3) is 10.9 Å². The fourth-order valence-electron chi connectivity index (χ4n) is 2.67. The highest BCUT2D eigenvalue weighted by molar-refractivity contribution is 5.98. The number of fused-ring (bicyclic) bond motifs is 1. The second-order valence-corrected chi connectivity index (χ2v) is 5.24. The molecule has 0 bridgehead atoms. The van der Waals surface area contributed by atoms with Crippen LogP contribution >= 0.6 is 0 Å². The Hall–Kier alpha value is -1.81. The maximum absolute atomic E-state index is 12.2. The van der Waals surface area contributed by atoms with Crippen LogP contribution in [-0.2, 0) is 0 Å². The lowest BCUT2D eigenvalue weighted by atomic mass is 10.1. The van der Waals surface area contributed by atoms with E-state index >= 15 is 0 Å². The summed E-state index contributed by atoms with van der Waals surface area (Å²) in [6.45, 7) is 3.97. The predicted octanol–water partition coefficient (Wildman–Crippen LogP) is 1.96. The van der Waals surface area contributed by atoms with Crippen molar-refractivity contribution < 1.29 is 4.79 Å². The highest BCUT2D eigenvalue weighted by atomic mass is 16.1. The van der Waals surface area contributed by atoms with Crippen LogP contribution in [0.3, 0.4) is 0 Å². The summed E-state index contributed by atoms with van der Waals surface area (Å²) in [7, 11) is 0. The Kier molecular flexibility index (Phi) is 3.25. The molecule has 0 spiro atoms. The lowest BCUT2D eigenvalue weighted by molar-refractivity contribution is 0.0926. The quantitative estimate of drug-likeness (QED) is 0.770. The van der Waals surface area contributed by atoms with Gasteiger partial charge in [0.25, 0.3) is 5.91 Å². The Morgan fingerprint density at radius 2 is 2.32 bits per heavy atom. The molecular formula is C15H19N3O. The SMILES string of the molecule is Cc1cccc2cc(C(=O)NC3CCCNC3)[nH]c12. The first-order chi connectivity index (χ1) is 9.24. The number of piperidine rings is 1. The van der Waals surface area contributed by atoms with E-state index in [-0.39, 0.29) is 11.9 Å². The van der Waals surface area contributed by atoms with Gasteiger partial charge in [0.2, 0.25) is 0 Å². The van der Waals surface area contributed by atoms with Crippen molar-refractivity contribution in [1.82, 2.24) is 15.6 Å². The van der Waals surface area contributed by atoms with Gasteiger partial charge in [0.1, 0.15) is 5.69 Å². The molecule has 0 radical (unpaired) electrons. The summed E-state index contributed by atoms with van der Waals surface area (Å²) in [5, 5.41) is 7.48. The van der Waals surface area contributed by atoms with E-state index in [0.717, 1.165) is 42.4 Å². The van der Waals surface area contributed by atoms with Crippen LogP contribution in [0.4, 0.5) is 0 Å². The lowest BCUT2D eigenvalue weighted by Gasteiger charge is -2.23. The first-order valence-corrected chi connectivity index (χ1v) is 6.84. The molecule has 4 heteroatoms. The summed E-state index contributed by atoms with van der Waals surface area (Å²) in [6.07, 6.45) is 2.18. The fraction of sp³-hybridized carbons (Fsp3) is 0.400. The molecule has 1 atom stereocenters. The molecular weight excluding hydrogens is 238 g/mol. The molecule has 2 heterocycles. The molecule has 1 aromatic carbocycles. The first kappa shape index (κ1) is 12.2. The molecule has 1 aliphatic heterocycles. The number of carbonyl (C=O) groups is 1. The molecule has 3 rings (SSSR count). The second-order valence-electron chi connectivity index (χ2n) is 5.24. The second kappa shape index (κ2) is 5.05. The highest BCUT2D eigenvalue weighted by Crippen LogP contribution is 2.19. The molecule has 100 valence electrons. The van der Waals surface area contributed by atoms with E-state index in [1.54, 1.807) is 0 Å². The number of hydrogen-bond donors (Lipinski definition) is 3. The van der Waals surface area contributed by atoms with Crippen LogP contribution in [0.1, 0.15) is 28.9 Å². The lowest BCUT2D eigenvalue weighted by Crippen LogP contribution is -2.45. The normalized spacial score (nSPS) is 19.5. The standard InChI is InChI=1S/C15H19N3O/c1-10-4-2-5-11-8-13(18-14(10)11)15(19)17-12-6-3-7-16-9-12/h2,4-5,8,12,16,18H,3,6-7,9H2,1H3,(H,17,19). The van der Waals surface area contributed by atoms with E-state index in [0.29, 0.717) is 5.69 Å². The largest absolute Gasteiger partial charge is 0.350 e. The number of aromatic nitrogens is 1. The van der Waals surface area contributed by atoms with Gasteiger partial charge in [-0.05, 0) is 37.9 Å². The van der Waals surface area contributed by atoms with E-state index < -0.39 is 0 Å². The molecule has 3 N–H and O–H groups in total. The van der Waals surface area contributed by atoms with Gasteiger partial charge in [-0.15, -0.1) is 0 Å². The Labute approximate surface area is 112 Å². The Morgan fingerprint density at radius 3 is 3.05 bits per heavy atom. The van der Waals surface area contributed by atoms with Crippen molar-refractivity contribution in [3.05, 3.63) is 35.5 Å². The average molecular weight is 257 g/mol. The van der Waals surface area contributed by atoms with Crippen LogP contribution in [0.5, 0.6) is 0 Å². The molecule has 1 fully saturated rings. The van der Waals surface area contributed by atoms with Crippen molar-refractivity contribution in [2.24, 2.45) is 0 Å². The minimum absolute atomic E-state index is 0.00991. The Balaban J connectivity index is 1.79. The van der Waals surface area contributed by atoms with Gasteiger partial charge in [-0.2, -0.15) is 0 Å². The van der Waals surface area contributed by atoms with Crippen molar-refractivity contribution in [1.29, 1.82) is 0 Å². The van der Waals surface area contributed by atoms with Gasteiger partial charge in [0, 0.05) is 23.5 Å². The third kappa shape index (κ3) is 2.49. The van der Waals surface area contributed by atoms with Crippen LogP contribution in [0.15, 0.2) is 24.3 Å². The Bertz CT molecular complexity index is 596. The zero-order valence-corrected chi connectivity index (χ0v) is 11.1. The van der Waals surface area contributed by atoms with Crippen LogP contribution in [0, 0.1) is 6.92 Å². The number of nitrogens with one attached hydrogen (secondary N) is 3. The van der Waals surface area contributed by atoms with Gasteiger partial charge in [-0.25, -0.2) is 0 Å². The van der Waals surface area contributed by atoms with Crippen molar-refractivity contribution >= 4 is 16.8 Å². The van der Waals surface area contributed by atoms with Crippen molar-refractivity contribution in [3.8, 4) is 0 Å². The summed E-state index contributed by atoms with van der Waals surface area (Å²) in [5.41, 5.74) is 2.86. The van der Waals surface area contributed by atoms with Crippen LogP contribution in [0.2, 0.25) is 0 Å². The van der Waals surface area contributed by atoms with Gasteiger partial charge in [-0.3, -0.25) is 4.79 Å². The number of para-hydroxylation sites is 1. The molecule has 0 aliphatic carbocycles. The minimum Gasteiger partial charge on any atom is -0.350 e. The Morgan fingerprint density at radius 1 is 1.42 bits per heavy atom. The van der Waals surface area contributed by atoms with E-state index in [2.05, 4.69) is 15.6 Å². The van der Waals surface area contributed by atoms with Gasteiger partial charge < -0.3 is 15.6 Å². The zero-order valence-electron chi connectivity index (χ0n) is 11.1. The topological polar surface area (TPSA) is 56.9 Å². The minimum atomic E-state index is -0.00991. The number of benzene rings is 1. The molecule has 1 aliphatic rings. The van der Waals surface area contributed by atoms with Crippen molar-refractivity contribution in [2.75, 3.05) is 13.1 Å². The number of H-pyrrole nitrogens is 1. The van der Waals surface area contributed by atoms with E-state index in [1.165, 1.54) is 0 Å². The van der Waals surface area contributed by atoms with Gasteiger partial charge in [0.15, 0.2) is 0 Å². The summed E-state index contributed by atoms with van der Waals surface area (Å²) >= 11 is 0. The van der Waals surface area contributed by atoms with E-state index in [4.69, 9.17) is 0 Å². The van der Waals surface area contributed by atoms with E-state index in [1.807, 2.05) is 31.2 Å². The zero-order chi connectivity index (χ0) is 13.2. The summed E-state index contributed by atoms with van der Waals surface area (Å²) in [6, 6.07) is 8.25. The number of hydrogen-bond acceptors (Lipinski definition) is 2. The fourth-order valence-corrected chi connectivity index (χ4v) is 2.67. The number of amides is 1. The molecule has 19 heavy (non-hydrogen) atoms. The van der Waals surface area contributed by atoms with Crippen LogP contribution in [-0.4, -0.2) is 30.0 Å². The van der Waals surface area contributed by atoms with Crippen LogP contribution < -0.4 is 10.6 Å². The van der Waals surface area contributed by atoms with Gasteiger partial charge in [0.05, 0.1) is 0 Å². The first-order valence-electron chi connectivity index (χ1n) is 6.84. The smallest absolute Gasteiger partial charge is 0.267 e. The summed E-state index contributed by atoms with van der Waals surface area (Å²) in [5.74, 6) is -0.00991. The van der Waals surface area contributed by atoms with Gasteiger partial charge in [-0.1, -0.05) is 18.2 Å². The number of aryl methyl sites for hydroxylation is 1. The average Bonchev–Trinajstić information content (AvgIpc) is 2.85. The molecule has 4 nitrogen and oxygen atoms in total. The van der Waals surface area contributed by atoms with Crippen molar-refractivity contribution in [2.45, 2.75) is 25.8 Å². The summed E-state index contributed by atoms with van der Waals surface area (Å²) < 4.78 is 0. The number of rotatable bonds is 2. The third-order valence-corrected chi connectivity index (χ3v) is 3.74. The molecule has 1 saturated heterocycles. The predicted molar refractivity (Wildman–Crippen MR) is 76.4 cm³/mol. The van der Waals surface area contributed by atoms with Crippen molar-refractivity contribution in [3.63, 3.8) is 0 Å². The van der Waals surface area contributed by atoms with E-state index in [9.17, 15) is 4.79 Å². The number of carbonyl (C=O) groups excluding carboxylic acids is 1. The maximum Gasteiger partial charge on any atom is 0.267 e. The number of aromatic amines is 1. The summed E-state index contributed by atoms with van der Waals surface area (Å²) in [4.78, 5) is 15.4.